The van der Waals surface area contributed by atoms with Crippen LogP contribution in [0.25, 0.3) is 11.1 Å². The Bertz CT molecular complexity index is 710. The van der Waals surface area contributed by atoms with E-state index in [9.17, 15) is 4.79 Å². The number of likely N-dealkylation sites (tertiary alicyclic amines) is 1. The maximum Gasteiger partial charge on any atom is 0.409 e. The molecule has 0 radical (unpaired) electrons. The highest BCUT2D eigenvalue weighted by Gasteiger charge is 2.31. The lowest BCUT2D eigenvalue weighted by Crippen LogP contribution is -2.30. The summed E-state index contributed by atoms with van der Waals surface area (Å²) < 4.78 is 5.70. The first-order chi connectivity index (χ1) is 11.8. The SMILES string of the molecule is CC[C@H]1CCN(C(=O)OCC2c3ccccc3-c3ccccc32)C1. The van der Waals surface area contributed by atoms with Crippen LogP contribution in [0.2, 0.25) is 0 Å². The van der Waals surface area contributed by atoms with Crippen LogP contribution in [0.15, 0.2) is 48.5 Å². The molecule has 0 aromatic heterocycles. The van der Waals surface area contributed by atoms with Crippen LogP contribution in [0.3, 0.4) is 0 Å². The average molecular weight is 321 g/mol. The van der Waals surface area contributed by atoms with E-state index in [2.05, 4.69) is 55.5 Å². The molecule has 1 amide bonds. The molecule has 0 saturated carbocycles. The molecule has 1 fully saturated rings. The number of nitrogens with zero attached hydrogens (tertiary/aromatic N) is 1. The van der Waals surface area contributed by atoms with Crippen molar-refractivity contribution in [2.75, 3.05) is 19.7 Å². The summed E-state index contributed by atoms with van der Waals surface area (Å²) in [5.74, 6) is 0.774. The van der Waals surface area contributed by atoms with Crippen molar-refractivity contribution in [2.45, 2.75) is 25.7 Å². The maximum atomic E-state index is 12.4. The van der Waals surface area contributed by atoms with Crippen molar-refractivity contribution in [3.8, 4) is 11.1 Å². The van der Waals surface area contributed by atoms with Crippen molar-refractivity contribution in [2.24, 2.45) is 5.92 Å². The predicted octanol–water partition coefficient (Wildman–Crippen LogP) is 4.67. The molecule has 0 spiro atoms. The van der Waals surface area contributed by atoms with Gasteiger partial charge in [-0.2, -0.15) is 0 Å². The van der Waals surface area contributed by atoms with E-state index in [1.807, 2.05) is 4.90 Å². The number of ether oxygens (including phenoxy) is 1. The van der Waals surface area contributed by atoms with Gasteiger partial charge in [0, 0.05) is 19.0 Å². The van der Waals surface area contributed by atoms with E-state index in [-0.39, 0.29) is 12.0 Å². The second-order valence-corrected chi connectivity index (χ2v) is 6.81. The van der Waals surface area contributed by atoms with Gasteiger partial charge in [-0.1, -0.05) is 61.9 Å². The average Bonchev–Trinajstić information content (AvgIpc) is 3.23. The fourth-order valence-corrected chi connectivity index (χ4v) is 4.02. The van der Waals surface area contributed by atoms with Crippen molar-refractivity contribution in [1.29, 1.82) is 0 Å². The molecular weight excluding hydrogens is 298 g/mol. The summed E-state index contributed by atoms with van der Waals surface area (Å²) in [7, 11) is 0. The molecule has 1 aliphatic heterocycles. The number of hydrogen-bond donors (Lipinski definition) is 0. The molecule has 1 aliphatic carbocycles. The highest BCUT2D eigenvalue weighted by molar-refractivity contribution is 5.79. The molecule has 0 bridgehead atoms. The maximum absolute atomic E-state index is 12.4. The van der Waals surface area contributed by atoms with Gasteiger partial charge in [0.15, 0.2) is 0 Å². The molecule has 4 rings (SSSR count). The third-order valence-corrected chi connectivity index (χ3v) is 5.46. The van der Waals surface area contributed by atoms with E-state index in [1.165, 1.54) is 22.3 Å². The monoisotopic (exact) mass is 321 g/mol. The first kappa shape index (κ1) is 15.3. The molecule has 3 nitrogen and oxygen atoms in total. The number of benzene rings is 2. The lowest BCUT2D eigenvalue weighted by atomic mass is 9.98. The standard InChI is InChI=1S/C21H23NO2/c1-2-15-11-12-22(13-15)21(23)24-14-20-18-9-5-3-7-16(18)17-8-4-6-10-19(17)20/h3-10,15,20H,2,11-14H2,1H3/t15-/m0/s1. The van der Waals surface area contributed by atoms with Gasteiger partial charge in [0.2, 0.25) is 0 Å². The number of carbonyl (C=O) groups is 1. The van der Waals surface area contributed by atoms with Gasteiger partial charge < -0.3 is 9.64 Å². The Kier molecular flexibility index (Phi) is 4.01. The first-order valence-electron chi connectivity index (χ1n) is 8.88. The summed E-state index contributed by atoms with van der Waals surface area (Å²) in [5, 5.41) is 0. The van der Waals surface area contributed by atoms with E-state index in [0.29, 0.717) is 12.5 Å². The Morgan fingerprint density at radius 3 is 2.29 bits per heavy atom. The van der Waals surface area contributed by atoms with Crippen LogP contribution in [0, 0.1) is 5.92 Å². The van der Waals surface area contributed by atoms with E-state index in [4.69, 9.17) is 4.74 Å². The predicted molar refractivity (Wildman–Crippen MR) is 95.0 cm³/mol. The van der Waals surface area contributed by atoms with Gasteiger partial charge in [-0.05, 0) is 34.6 Å². The van der Waals surface area contributed by atoms with Crippen LogP contribution < -0.4 is 0 Å². The van der Waals surface area contributed by atoms with Crippen molar-refractivity contribution in [3.63, 3.8) is 0 Å². The highest BCUT2D eigenvalue weighted by Crippen LogP contribution is 2.44. The molecule has 0 N–H and O–H groups in total. The van der Waals surface area contributed by atoms with Crippen LogP contribution in [-0.4, -0.2) is 30.7 Å². The zero-order valence-electron chi connectivity index (χ0n) is 14.1. The van der Waals surface area contributed by atoms with Crippen LogP contribution in [-0.2, 0) is 4.74 Å². The Labute approximate surface area is 143 Å². The number of amides is 1. The molecule has 2 aromatic rings. The lowest BCUT2D eigenvalue weighted by Gasteiger charge is -2.19. The summed E-state index contributed by atoms with van der Waals surface area (Å²) in [6.07, 6.45) is 2.07. The Balaban J connectivity index is 1.50. The minimum Gasteiger partial charge on any atom is -0.448 e. The van der Waals surface area contributed by atoms with Crippen LogP contribution in [0.4, 0.5) is 4.79 Å². The molecule has 2 aromatic carbocycles. The number of rotatable bonds is 3. The van der Waals surface area contributed by atoms with Gasteiger partial charge >= 0.3 is 6.09 Å². The van der Waals surface area contributed by atoms with Crippen molar-refractivity contribution in [3.05, 3.63) is 59.7 Å². The van der Waals surface area contributed by atoms with Crippen LogP contribution in [0.1, 0.15) is 36.8 Å². The number of hydrogen-bond acceptors (Lipinski definition) is 2. The Morgan fingerprint density at radius 2 is 1.71 bits per heavy atom. The Hall–Kier alpha value is -2.29. The fourth-order valence-electron chi connectivity index (χ4n) is 4.02. The zero-order chi connectivity index (χ0) is 16.5. The molecular formula is C21H23NO2. The molecule has 2 aliphatic rings. The smallest absolute Gasteiger partial charge is 0.409 e. The van der Waals surface area contributed by atoms with Crippen LogP contribution in [0.5, 0.6) is 0 Å². The van der Waals surface area contributed by atoms with Gasteiger partial charge in [0.05, 0.1) is 0 Å². The van der Waals surface area contributed by atoms with Gasteiger partial charge in [-0.3, -0.25) is 0 Å². The molecule has 3 heteroatoms. The molecule has 0 unspecified atom stereocenters. The minimum absolute atomic E-state index is 0.144. The Morgan fingerprint density at radius 1 is 1.08 bits per heavy atom. The molecule has 1 heterocycles. The topological polar surface area (TPSA) is 29.5 Å². The number of carbonyl (C=O) groups excluding carboxylic acids is 1. The third-order valence-electron chi connectivity index (χ3n) is 5.46. The first-order valence-corrected chi connectivity index (χ1v) is 8.88. The van der Waals surface area contributed by atoms with Crippen molar-refractivity contribution < 1.29 is 9.53 Å². The normalized spacial score (nSPS) is 19.2. The summed E-state index contributed by atoms with van der Waals surface area (Å²) >= 11 is 0. The summed E-state index contributed by atoms with van der Waals surface area (Å²) in [4.78, 5) is 14.3. The van der Waals surface area contributed by atoms with Gasteiger partial charge in [0.25, 0.3) is 0 Å². The molecule has 124 valence electrons. The molecule has 1 saturated heterocycles. The second-order valence-electron chi connectivity index (χ2n) is 6.81. The van der Waals surface area contributed by atoms with Gasteiger partial charge in [-0.15, -0.1) is 0 Å². The van der Waals surface area contributed by atoms with Crippen molar-refractivity contribution in [1.82, 2.24) is 4.90 Å². The molecule has 1 atom stereocenters. The van der Waals surface area contributed by atoms with E-state index < -0.39 is 0 Å². The van der Waals surface area contributed by atoms with E-state index in [1.54, 1.807) is 0 Å². The summed E-state index contributed by atoms with van der Waals surface area (Å²) in [5.41, 5.74) is 5.06. The fraction of sp³-hybridized carbons (Fsp3) is 0.381. The third kappa shape index (κ3) is 2.58. The van der Waals surface area contributed by atoms with E-state index >= 15 is 0 Å². The summed E-state index contributed by atoms with van der Waals surface area (Å²) in [6.45, 7) is 4.27. The zero-order valence-corrected chi connectivity index (χ0v) is 14.1. The minimum atomic E-state index is -0.159. The second kappa shape index (κ2) is 6.31. The van der Waals surface area contributed by atoms with Crippen LogP contribution >= 0.6 is 0 Å². The quantitative estimate of drug-likeness (QED) is 0.822. The highest BCUT2D eigenvalue weighted by atomic mass is 16.6. The largest absolute Gasteiger partial charge is 0.448 e. The molecule has 24 heavy (non-hydrogen) atoms. The van der Waals surface area contributed by atoms with Gasteiger partial charge in [0.1, 0.15) is 6.61 Å². The number of fused-ring (bicyclic) bond motifs is 3. The van der Waals surface area contributed by atoms with Crippen molar-refractivity contribution >= 4 is 6.09 Å². The van der Waals surface area contributed by atoms with Gasteiger partial charge in [-0.25, -0.2) is 4.79 Å². The van der Waals surface area contributed by atoms with E-state index in [0.717, 1.165) is 25.9 Å². The summed E-state index contributed by atoms with van der Waals surface area (Å²) in [6, 6.07) is 16.9. The lowest BCUT2D eigenvalue weighted by molar-refractivity contribution is 0.106.